The lowest BCUT2D eigenvalue weighted by Gasteiger charge is -2.21. The maximum atomic E-state index is 11.7. The average Bonchev–Trinajstić information content (AvgIpc) is 2.27. The van der Waals surface area contributed by atoms with Crippen LogP contribution in [-0.2, 0) is 4.79 Å². The maximum Gasteiger partial charge on any atom is 0.239 e. The number of hydrogen-bond acceptors (Lipinski definition) is 3. The quantitative estimate of drug-likeness (QED) is 0.880. The molecule has 0 fully saturated rings. The molecule has 0 aliphatic heterocycles. The number of amides is 1. The number of nitriles is 1. The Morgan fingerprint density at radius 3 is 2.72 bits per heavy atom. The van der Waals surface area contributed by atoms with E-state index in [4.69, 9.17) is 5.26 Å². The van der Waals surface area contributed by atoms with Crippen LogP contribution in [0.4, 0.5) is 5.69 Å². The lowest BCUT2D eigenvalue weighted by molar-refractivity contribution is -0.120. The molecule has 0 aliphatic rings. The summed E-state index contributed by atoms with van der Waals surface area (Å²) in [6.45, 7) is 6.06. The first-order valence-corrected chi connectivity index (χ1v) is 5.95. The molecular weight excluding hydrogens is 226 g/mol. The van der Waals surface area contributed by atoms with Crippen molar-refractivity contribution in [3.8, 4) is 6.07 Å². The molecule has 1 N–H and O–H groups in total. The molecule has 0 aromatic heterocycles. The van der Waals surface area contributed by atoms with Gasteiger partial charge in [-0.05, 0) is 38.5 Å². The van der Waals surface area contributed by atoms with E-state index >= 15 is 0 Å². The summed E-state index contributed by atoms with van der Waals surface area (Å²) in [7, 11) is 1.82. The Hall–Kier alpha value is -2.02. The maximum absolute atomic E-state index is 11.7. The highest BCUT2D eigenvalue weighted by Gasteiger charge is 2.12. The van der Waals surface area contributed by atoms with Gasteiger partial charge < -0.3 is 10.2 Å². The summed E-state index contributed by atoms with van der Waals surface area (Å²) in [6.07, 6.45) is 0. The van der Waals surface area contributed by atoms with Crippen LogP contribution in [0.25, 0.3) is 0 Å². The van der Waals surface area contributed by atoms with Crippen LogP contribution in [0.3, 0.4) is 0 Å². The fourth-order valence-electron chi connectivity index (χ4n) is 1.72. The Morgan fingerprint density at radius 1 is 1.50 bits per heavy atom. The molecule has 4 nitrogen and oxygen atoms in total. The summed E-state index contributed by atoms with van der Waals surface area (Å²) in [5.74, 6) is -0.0436. The zero-order chi connectivity index (χ0) is 13.7. The fraction of sp³-hybridized carbons (Fsp3) is 0.429. The van der Waals surface area contributed by atoms with Gasteiger partial charge in [-0.1, -0.05) is 6.07 Å². The molecule has 0 saturated carbocycles. The van der Waals surface area contributed by atoms with Crippen molar-refractivity contribution in [1.29, 1.82) is 5.26 Å². The first-order valence-electron chi connectivity index (χ1n) is 5.95. The molecule has 0 unspecified atom stereocenters. The molecule has 0 spiro atoms. The lowest BCUT2D eigenvalue weighted by atomic mass is 10.1. The van der Waals surface area contributed by atoms with Crippen molar-refractivity contribution in [2.75, 3.05) is 18.5 Å². The van der Waals surface area contributed by atoms with E-state index in [1.165, 1.54) is 0 Å². The predicted octanol–water partition coefficient (Wildman–Crippen LogP) is 1.83. The van der Waals surface area contributed by atoms with Crippen LogP contribution in [-0.4, -0.2) is 25.5 Å². The van der Waals surface area contributed by atoms with Crippen molar-refractivity contribution < 1.29 is 4.79 Å². The van der Waals surface area contributed by atoms with E-state index in [0.29, 0.717) is 5.56 Å². The zero-order valence-corrected chi connectivity index (χ0v) is 11.3. The van der Waals surface area contributed by atoms with Crippen molar-refractivity contribution in [2.45, 2.75) is 26.8 Å². The normalized spacial score (nSPS) is 10.0. The van der Waals surface area contributed by atoms with Crippen LogP contribution in [0.5, 0.6) is 0 Å². The summed E-state index contributed by atoms with van der Waals surface area (Å²) >= 11 is 0. The highest BCUT2D eigenvalue weighted by Crippen LogP contribution is 2.20. The summed E-state index contributed by atoms with van der Waals surface area (Å²) in [5, 5.41) is 11.9. The molecule has 1 aromatic rings. The van der Waals surface area contributed by atoms with E-state index in [0.717, 1.165) is 11.3 Å². The zero-order valence-electron chi connectivity index (χ0n) is 11.3. The molecule has 1 aromatic carbocycles. The first-order chi connectivity index (χ1) is 8.43. The Labute approximate surface area is 108 Å². The van der Waals surface area contributed by atoms with Gasteiger partial charge in [0.2, 0.25) is 5.91 Å². The third-order valence-corrected chi connectivity index (χ3v) is 2.52. The number of nitrogens with zero attached hydrogens (tertiary/aromatic N) is 2. The third kappa shape index (κ3) is 3.77. The van der Waals surface area contributed by atoms with Crippen molar-refractivity contribution in [2.24, 2.45) is 0 Å². The molecule has 0 heterocycles. The average molecular weight is 245 g/mol. The van der Waals surface area contributed by atoms with Crippen LogP contribution in [0.2, 0.25) is 0 Å². The van der Waals surface area contributed by atoms with Crippen molar-refractivity contribution in [3.05, 3.63) is 29.3 Å². The molecule has 96 valence electrons. The number of carbonyl (C=O) groups is 1. The van der Waals surface area contributed by atoms with E-state index in [1.807, 2.05) is 40.0 Å². The molecule has 1 amide bonds. The summed E-state index contributed by atoms with van der Waals surface area (Å²) < 4.78 is 0. The second-order valence-electron chi connectivity index (χ2n) is 4.71. The summed E-state index contributed by atoms with van der Waals surface area (Å²) in [5.41, 5.74) is 2.44. The smallest absolute Gasteiger partial charge is 0.239 e. The van der Waals surface area contributed by atoms with Crippen molar-refractivity contribution in [1.82, 2.24) is 5.32 Å². The van der Waals surface area contributed by atoms with E-state index in [-0.39, 0.29) is 18.5 Å². The van der Waals surface area contributed by atoms with Gasteiger partial charge in [0.15, 0.2) is 0 Å². The van der Waals surface area contributed by atoms with Gasteiger partial charge in [-0.3, -0.25) is 4.79 Å². The van der Waals surface area contributed by atoms with Crippen molar-refractivity contribution in [3.63, 3.8) is 0 Å². The number of likely N-dealkylation sites (N-methyl/N-ethyl adjacent to an activating group) is 1. The largest absolute Gasteiger partial charge is 0.364 e. The van der Waals surface area contributed by atoms with Gasteiger partial charge in [-0.15, -0.1) is 0 Å². The number of hydrogen-bond donors (Lipinski definition) is 1. The first kappa shape index (κ1) is 14.0. The molecule has 1 rings (SSSR count). The molecule has 0 bridgehead atoms. The minimum Gasteiger partial charge on any atom is -0.364 e. The topological polar surface area (TPSA) is 56.1 Å². The van der Waals surface area contributed by atoms with Crippen LogP contribution >= 0.6 is 0 Å². The number of aryl methyl sites for hydroxylation is 1. The number of anilines is 1. The Kier molecular flexibility index (Phi) is 4.73. The van der Waals surface area contributed by atoms with Gasteiger partial charge >= 0.3 is 0 Å². The molecule has 0 aliphatic carbocycles. The number of nitrogens with one attached hydrogen (secondary N) is 1. The second-order valence-corrected chi connectivity index (χ2v) is 4.71. The van der Waals surface area contributed by atoms with Crippen LogP contribution in [0, 0.1) is 18.3 Å². The molecule has 0 saturated heterocycles. The lowest BCUT2D eigenvalue weighted by Crippen LogP contribution is -2.38. The Bertz CT molecular complexity index is 474. The van der Waals surface area contributed by atoms with Crippen molar-refractivity contribution >= 4 is 11.6 Å². The fourth-order valence-corrected chi connectivity index (χ4v) is 1.72. The highest BCUT2D eigenvalue weighted by molar-refractivity contribution is 5.82. The number of carbonyl (C=O) groups excluding carboxylic acids is 1. The molecule has 18 heavy (non-hydrogen) atoms. The molecular formula is C14H19N3O. The van der Waals surface area contributed by atoms with E-state index in [9.17, 15) is 4.79 Å². The molecule has 0 radical (unpaired) electrons. The highest BCUT2D eigenvalue weighted by atomic mass is 16.2. The standard InChI is InChI=1S/C14H19N3O/c1-10(2)16-14(18)9-17(4)13-7-11(3)5-6-12(13)8-15/h5-7,10H,9H2,1-4H3,(H,16,18). The van der Waals surface area contributed by atoms with E-state index < -0.39 is 0 Å². The number of benzene rings is 1. The van der Waals surface area contributed by atoms with Crippen LogP contribution in [0.15, 0.2) is 18.2 Å². The SMILES string of the molecule is Cc1ccc(C#N)c(N(C)CC(=O)NC(C)C)c1. The van der Waals surface area contributed by atoms with Gasteiger partial charge in [0, 0.05) is 13.1 Å². The second kappa shape index (κ2) is 6.06. The Morgan fingerprint density at radius 2 is 2.17 bits per heavy atom. The van der Waals surface area contributed by atoms with Gasteiger partial charge in [-0.2, -0.15) is 5.26 Å². The van der Waals surface area contributed by atoms with E-state index in [1.54, 1.807) is 11.0 Å². The van der Waals surface area contributed by atoms with Gasteiger partial charge in [0.05, 0.1) is 17.8 Å². The summed E-state index contributed by atoms with van der Waals surface area (Å²) in [4.78, 5) is 13.5. The van der Waals surface area contributed by atoms with Gasteiger partial charge in [-0.25, -0.2) is 0 Å². The summed E-state index contributed by atoms with van der Waals surface area (Å²) in [6, 6.07) is 7.86. The predicted molar refractivity (Wildman–Crippen MR) is 72.4 cm³/mol. The van der Waals surface area contributed by atoms with Gasteiger partial charge in [0.25, 0.3) is 0 Å². The number of rotatable bonds is 4. The minimum absolute atomic E-state index is 0.0436. The molecule has 4 heteroatoms. The third-order valence-electron chi connectivity index (χ3n) is 2.52. The van der Waals surface area contributed by atoms with Crippen LogP contribution < -0.4 is 10.2 Å². The van der Waals surface area contributed by atoms with Crippen LogP contribution in [0.1, 0.15) is 25.0 Å². The molecule has 0 atom stereocenters. The monoisotopic (exact) mass is 245 g/mol. The Balaban J connectivity index is 2.84. The minimum atomic E-state index is -0.0436. The van der Waals surface area contributed by atoms with E-state index in [2.05, 4.69) is 11.4 Å². The van der Waals surface area contributed by atoms with Gasteiger partial charge in [0.1, 0.15) is 6.07 Å².